The Hall–Kier alpha value is -2.75. The van der Waals surface area contributed by atoms with Gasteiger partial charge in [-0.25, -0.2) is 0 Å². The molecule has 2 aromatic carbocycles. The van der Waals surface area contributed by atoms with Crippen molar-refractivity contribution in [1.82, 2.24) is 0 Å². The molecule has 116 valence electrons. The molecule has 0 saturated heterocycles. The van der Waals surface area contributed by atoms with E-state index < -0.39 is 0 Å². The number of fused-ring (bicyclic) bond motifs is 1. The average Bonchev–Trinajstić information content (AvgIpc) is 2.83. The topological polar surface area (TPSA) is 53.8 Å². The Balaban J connectivity index is 1.80. The molecule has 23 heavy (non-hydrogen) atoms. The van der Waals surface area contributed by atoms with Crippen molar-refractivity contribution in [2.75, 3.05) is 5.32 Å². The van der Waals surface area contributed by atoms with Crippen molar-refractivity contribution in [2.45, 2.75) is 26.2 Å². The maximum Gasteiger partial charge on any atom is 0.276 e. The molecule has 1 N–H and O–H groups in total. The summed E-state index contributed by atoms with van der Waals surface area (Å²) in [5.41, 5.74) is 4.27. The van der Waals surface area contributed by atoms with E-state index in [2.05, 4.69) is 48.4 Å². The first-order valence-electron chi connectivity index (χ1n) is 7.57. The summed E-state index contributed by atoms with van der Waals surface area (Å²) < 4.78 is 0. The molecule has 0 atom stereocenters. The zero-order valence-electron chi connectivity index (χ0n) is 13.5. The Bertz CT molecular complexity index is 796. The maximum atomic E-state index is 11.9. The van der Waals surface area contributed by atoms with Crippen LogP contribution in [-0.2, 0) is 10.2 Å². The Kier molecular flexibility index (Phi) is 3.82. The van der Waals surface area contributed by atoms with Crippen molar-refractivity contribution in [3.05, 3.63) is 65.2 Å². The standard InChI is InChI=1S/C19H19N3O/c1-19(2,3)14-10-8-13(9-11-14)12-20-22-17-15-6-4-5-7-16(15)21-18(17)23/h4-12H,1-3H3,(H,21,22,23)/b20-12+. The Morgan fingerprint density at radius 2 is 1.70 bits per heavy atom. The minimum atomic E-state index is -0.216. The summed E-state index contributed by atoms with van der Waals surface area (Å²) in [7, 11) is 0. The first kappa shape index (κ1) is 15.2. The summed E-state index contributed by atoms with van der Waals surface area (Å²) in [5.74, 6) is -0.216. The van der Waals surface area contributed by atoms with Crippen LogP contribution in [0.2, 0.25) is 0 Å². The molecule has 0 bridgehead atoms. The molecular formula is C19H19N3O. The predicted molar refractivity (Wildman–Crippen MR) is 94.3 cm³/mol. The van der Waals surface area contributed by atoms with Gasteiger partial charge in [0.15, 0.2) is 5.71 Å². The number of benzene rings is 2. The molecule has 2 aromatic rings. The lowest BCUT2D eigenvalue weighted by Gasteiger charge is -2.18. The van der Waals surface area contributed by atoms with Gasteiger partial charge in [0.25, 0.3) is 5.91 Å². The van der Waals surface area contributed by atoms with Crippen molar-refractivity contribution in [3.63, 3.8) is 0 Å². The molecule has 0 saturated carbocycles. The van der Waals surface area contributed by atoms with Crippen molar-refractivity contribution in [1.29, 1.82) is 0 Å². The first-order valence-corrected chi connectivity index (χ1v) is 7.57. The van der Waals surface area contributed by atoms with Crippen LogP contribution in [0.25, 0.3) is 0 Å². The Morgan fingerprint density at radius 1 is 1.00 bits per heavy atom. The number of carbonyl (C=O) groups excluding carboxylic acids is 1. The van der Waals surface area contributed by atoms with E-state index in [0.717, 1.165) is 16.8 Å². The molecule has 1 amide bonds. The quantitative estimate of drug-likeness (QED) is 0.666. The fraction of sp³-hybridized carbons (Fsp3) is 0.211. The van der Waals surface area contributed by atoms with E-state index in [1.807, 2.05) is 36.4 Å². The summed E-state index contributed by atoms with van der Waals surface area (Å²) in [5, 5.41) is 10.9. The van der Waals surface area contributed by atoms with Crippen LogP contribution in [0.3, 0.4) is 0 Å². The van der Waals surface area contributed by atoms with Crippen molar-refractivity contribution < 1.29 is 4.79 Å². The third-order valence-corrected chi connectivity index (χ3v) is 3.79. The van der Waals surface area contributed by atoms with Gasteiger partial charge in [0.05, 0.1) is 11.9 Å². The van der Waals surface area contributed by atoms with Crippen LogP contribution >= 0.6 is 0 Å². The predicted octanol–water partition coefficient (Wildman–Crippen LogP) is 3.76. The molecule has 0 aliphatic carbocycles. The summed E-state index contributed by atoms with van der Waals surface area (Å²) in [4.78, 5) is 11.9. The van der Waals surface area contributed by atoms with Crippen LogP contribution in [0.5, 0.6) is 0 Å². The summed E-state index contributed by atoms with van der Waals surface area (Å²) >= 11 is 0. The highest BCUT2D eigenvalue weighted by molar-refractivity contribution is 6.53. The minimum Gasteiger partial charge on any atom is -0.320 e. The normalized spacial score (nSPS) is 16.0. The second-order valence-corrected chi connectivity index (χ2v) is 6.56. The van der Waals surface area contributed by atoms with E-state index in [1.165, 1.54) is 5.56 Å². The number of para-hydroxylation sites is 1. The second kappa shape index (κ2) is 5.80. The minimum absolute atomic E-state index is 0.127. The highest BCUT2D eigenvalue weighted by Gasteiger charge is 2.25. The van der Waals surface area contributed by atoms with Gasteiger partial charge >= 0.3 is 0 Å². The number of rotatable bonds is 2. The smallest absolute Gasteiger partial charge is 0.276 e. The number of hydrogen-bond donors (Lipinski definition) is 1. The van der Waals surface area contributed by atoms with Crippen LogP contribution in [0.4, 0.5) is 5.69 Å². The number of hydrogen-bond acceptors (Lipinski definition) is 3. The lowest BCUT2D eigenvalue weighted by atomic mass is 9.87. The van der Waals surface area contributed by atoms with Crippen molar-refractivity contribution >= 4 is 23.5 Å². The molecule has 0 unspecified atom stereocenters. The second-order valence-electron chi connectivity index (χ2n) is 6.56. The van der Waals surface area contributed by atoms with E-state index in [9.17, 15) is 4.79 Å². The van der Waals surface area contributed by atoms with Gasteiger partial charge in [-0.1, -0.05) is 63.2 Å². The third-order valence-electron chi connectivity index (χ3n) is 3.79. The van der Waals surface area contributed by atoms with Crippen LogP contribution in [-0.4, -0.2) is 17.8 Å². The van der Waals surface area contributed by atoms with Crippen LogP contribution < -0.4 is 5.32 Å². The van der Waals surface area contributed by atoms with Gasteiger partial charge in [0.1, 0.15) is 0 Å². The molecule has 0 radical (unpaired) electrons. The van der Waals surface area contributed by atoms with E-state index in [-0.39, 0.29) is 11.3 Å². The number of carbonyl (C=O) groups is 1. The van der Waals surface area contributed by atoms with Gasteiger partial charge in [-0.3, -0.25) is 4.79 Å². The Morgan fingerprint density at radius 3 is 2.39 bits per heavy atom. The number of nitrogens with one attached hydrogen (secondary N) is 1. The molecule has 4 nitrogen and oxygen atoms in total. The first-order chi connectivity index (χ1) is 10.9. The fourth-order valence-corrected chi connectivity index (χ4v) is 2.42. The summed E-state index contributed by atoms with van der Waals surface area (Å²) in [6.07, 6.45) is 1.66. The van der Waals surface area contributed by atoms with Crippen LogP contribution in [0.1, 0.15) is 37.5 Å². The summed E-state index contributed by atoms with van der Waals surface area (Å²) in [6.45, 7) is 6.54. The molecule has 0 aromatic heterocycles. The van der Waals surface area contributed by atoms with E-state index in [4.69, 9.17) is 0 Å². The number of amides is 1. The molecule has 1 aliphatic heterocycles. The van der Waals surface area contributed by atoms with E-state index in [1.54, 1.807) is 6.21 Å². The van der Waals surface area contributed by atoms with Crippen LogP contribution in [0.15, 0.2) is 58.7 Å². The number of anilines is 1. The summed E-state index contributed by atoms with van der Waals surface area (Å²) in [6, 6.07) is 15.7. The zero-order chi connectivity index (χ0) is 16.4. The molecule has 4 heteroatoms. The average molecular weight is 305 g/mol. The SMILES string of the molecule is CC(C)(C)c1ccc(/C=N/N=C2\C(=O)Nc3ccccc32)cc1. The van der Waals surface area contributed by atoms with Gasteiger partial charge in [-0.15, -0.1) is 5.10 Å². The molecule has 0 fully saturated rings. The molecule has 3 rings (SSSR count). The van der Waals surface area contributed by atoms with E-state index in [0.29, 0.717) is 5.71 Å². The van der Waals surface area contributed by atoms with Gasteiger partial charge < -0.3 is 5.32 Å². The van der Waals surface area contributed by atoms with Gasteiger partial charge in [0, 0.05) is 5.56 Å². The third kappa shape index (κ3) is 3.21. The van der Waals surface area contributed by atoms with Gasteiger partial charge in [-0.2, -0.15) is 5.10 Å². The number of nitrogens with zero attached hydrogens (tertiary/aromatic N) is 2. The van der Waals surface area contributed by atoms with Gasteiger partial charge in [0.2, 0.25) is 0 Å². The largest absolute Gasteiger partial charge is 0.320 e. The highest BCUT2D eigenvalue weighted by atomic mass is 16.2. The monoisotopic (exact) mass is 305 g/mol. The molecule has 0 spiro atoms. The van der Waals surface area contributed by atoms with E-state index >= 15 is 0 Å². The van der Waals surface area contributed by atoms with Crippen LogP contribution in [0, 0.1) is 0 Å². The lowest BCUT2D eigenvalue weighted by molar-refractivity contribution is -0.110. The fourth-order valence-electron chi connectivity index (χ4n) is 2.42. The lowest BCUT2D eigenvalue weighted by Crippen LogP contribution is -2.13. The Labute approximate surface area is 136 Å². The van der Waals surface area contributed by atoms with Crippen molar-refractivity contribution in [2.24, 2.45) is 10.2 Å². The highest BCUT2D eigenvalue weighted by Crippen LogP contribution is 2.23. The van der Waals surface area contributed by atoms with Crippen molar-refractivity contribution in [3.8, 4) is 0 Å². The maximum absolute atomic E-state index is 11.9. The zero-order valence-corrected chi connectivity index (χ0v) is 13.5. The molecular weight excluding hydrogens is 286 g/mol. The molecule has 1 aliphatic rings. The van der Waals surface area contributed by atoms with Gasteiger partial charge in [-0.05, 0) is 22.6 Å². The molecule has 1 heterocycles.